The maximum absolute atomic E-state index is 12.3. The van der Waals surface area contributed by atoms with E-state index in [4.69, 9.17) is 16.7 Å². The highest BCUT2D eigenvalue weighted by molar-refractivity contribution is 6.33. The molecular formula is C15H19ClN2O3. The Labute approximate surface area is 128 Å². The maximum atomic E-state index is 12.3. The first-order chi connectivity index (χ1) is 9.78. The third-order valence-electron chi connectivity index (χ3n) is 3.64. The van der Waals surface area contributed by atoms with E-state index < -0.39 is 5.97 Å². The van der Waals surface area contributed by atoms with Gasteiger partial charge in [-0.2, -0.15) is 0 Å². The Morgan fingerprint density at radius 1 is 1.38 bits per heavy atom. The molecule has 1 aliphatic rings. The van der Waals surface area contributed by atoms with E-state index in [9.17, 15) is 9.59 Å². The molecule has 1 aromatic carbocycles. The molecule has 2 amide bonds. The number of nitrogens with zero attached hydrogens (tertiary/aromatic N) is 1. The van der Waals surface area contributed by atoms with Crippen LogP contribution in [0.5, 0.6) is 0 Å². The summed E-state index contributed by atoms with van der Waals surface area (Å²) in [5, 5.41) is 11.9. The van der Waals surface area contributed by atoms with Gasteiger partial charge in [0, 0.05) is 18.8 Å². The van der Waals surface area contributed by atoms with Gasteiger partial charge in [-0.05, 0) is 36.5 Å². The molecule has 0 saturated carbocycles. The van der Waals surface area contributed by atoms with E-state index in [0.717, 1.165) is 12.8 Å². The second-order valence-electron chi connectivity index (χ2n) is 6.12. The van der Waals surface area contributed by atoms with Gasteiger partial charge in [-0.1, -0.05) is 25.4 Å². The first kappa shape index (κ1) is 15.6. The van der Waals surface area contributed by atoms with Crippen molar-refractivity contribution in [2.24, 2.45) is 5.41 Å². The number of rotatable bonds is 2. The van der Waals surface area contributed by atoms with Gasteiger partial charge in [0.05, 0.1) is 10.6 Å². The minimum Gasteiger partial charge on any atom is -0.478 e. The molecule has 0 unspecified atom stereocenters. The van der Waals surface area contributed by atoms with Gasteiger partial charge in [0.25, 0.3) is 0 Å². The zero-order valence-corrected chi connectivity index (χ0v) is 12.9. The normalized spacial score (nSPS) is 17.4. The van der Waals surface area contributed by atoms with Crippen LogP contribution < -0.4 is 5.32 Å². The van der Waals surface area contributed by atoms with Crippen molar-refractivity contribution >= 4 is 29.3 Å². The molecule has 1 heterocycles. The molecule has 0 aromatic heterocycles. The minimum absolute atomic E-state index is 0.0200. The van der Waals surface area contributed by atoms with Crippen LogP contribution in [-0.2, 0) is 0 Å². The first-order valence-corrected chi connectivity index (χ1v) is 7.25. The summed E-state index contributed by atoms with van der Waals surface area (Å²) in [4.78, 5) is 25.1. The van der Waals surface area contributed by atoms with Crippen molar-refractivity contribution in [1.82, 2.24) is 4.90 Å². The maximum Gasteiger partial charge on any atom is 0.337 e. The Hall–Kier alpha value is -1.75. The molecule has 1 aliphatic heterocycles. The van der Waals surface area contributed by atoms with Gasteiger partial charge in [-0.3, -0.25) is 0 Å². The van der Waals surface area contributed by atoms with Crippen LogP contribution >= 0.6 is 11.6 Å². The summed E-state index contributed by atoms with van der Waals surface area (Å²) in [5.74, 6) is -1.12. The molecule has 0 atom stereocenters. The number of likely N-dealkylation sites (tertiary alicyclic amines) is 1. The van der Waals surface area contributed by atoms with Crippen LogP contribution in [-0.4, -0.2) is 35.1 Å². The van der Waals surface area contributed by atoms with Crippen LogP contribution in [0.3, 0.4) is 0 Å². The topological polar surface area (TPSA) is 69.6 Å². The average molecular weight is 311 g/mol. The highest BCUT2D eigenvalue weighted by Crippen LogP contribution is 2.29. The zero-order valence-electron chi connectivity index (χ0n) is 12.1. The second kappa shape index (κ2) is 5.93. The molecule has 1 aromatic rings. The molecule has 2 rings (SSSR count). The third kappa shape index (κ3) is 3.88. The fourth-order valence-corrected chi connectivity index (χ4v) is 2.76. The largest absolute Gasteiger partial charge is 0.478 e. The fourth-order valence-electron chi connectivity index (χ4n) is 2.57. The van der Waals surface area contributed by atoms with Crippen LogP contribution in [0.1, 0.15) is 37.0 Å². The minimum atomic E-state index is -1.12. The smallest absolute Gasteiger partial charge is 0.337 e. The van der Waals surface area contributed by atoms with Crippen molar-refractivity contribution in [3.8, 4) is 0 Å². The molecule has 1 fully saturated rings. The summed E-state index contributed by atoms with van der Waals surface area (Å²) in [5.41, 5.74) is 0.528. The van der Waals surface area contributed by atoms with E-state index in [2.05, 4.69) is 19.2 Å². The molecule has 1 saturated heterocycles. The Balaban J connectivity index is 2.09. The predicted molar refractivity (Wildman–Crippen MR) is 82.0 cm³/mol. The number of benzene rings is 1. The van der Waals surface area contributed by atoms with Gasteiger partial charge in [0.1, 0.15) is 0 Å². The standard InChI is InChI=1S/C15H19ClN2O3/c1-15(2)6-3-7-18(9-15)14(21)17-10-4-5-12(16)11(8-10)13(19)20/h4-5,8H,3,6-7,9H2,1-2H3,(H,17,21)(H,19,20). The van der Waals surface area contributed by atoms with Gasteiger partial charge in [-0.15, -0.1) is 0 Å². The molecule has 0 radical (unpaired) electrons. The SMILES string of the molecule is CC1(C)CCCN(C(=O)Nc2ccc(Cl)c(C(=O)O)c2)C1. The Morgan fingerprint density at radius 3 is 2.71 bits per heavy atom. The number of carboxylic acids is 1. The Kier molecular flexibility index (Phi) is 4.42. The molecular weight excluding hydrogens is 292 g/mol. The van der Waals surface area contributed by atoms with Crippen LogP contribution in [0, 0.1) is 5.41 Å². The molecule has 5 nitrogen and oxygen atoms in total. The Morgan fingerprint density at radius 2 is 2.10 bits per heavy atom. The van der Waals surface area contributed by atoms with Crippen LogP contribution in [0.15, 0.2) is 18.2 Å². The molecule has 0 bridgehead atoms. The molecule has 6 heteroatoms. The van der Waals surface area contributed by atoms with E-state index in [1.54, 1.807) is 11.0 Å². The number of carboxylic acid groups (broad SMARTS) is 1. The molecule has 114 valence electrons. The number of nitrogens with one attached hydrogen (secondary N) is 1. The number of carbonyl (C=O) groups excluding carboxylic acids is 1. The van der Waals surface area contributed by atoms with Gasteiger partial charge in [0.15, 0.2) is 0 Å². The van der Waals surface area contributed by atoms with E-state index in [1.807, 2.05) is 0 Å². The van der Waals surface area contributed by atoms with Crippen molar-refractivity contribution in [3.63, 3.8) is 0 Å². The van der Waals surface area contributed by atoms with Crippen molar-refractivity contribution in [1.29, 1.82) is 0 Å². The number of urea groups is 1. The Bertz CT molecular complexity index is 572. The average Bonchev–Trinajstić information content (AvgIpc) is 2.39. The van der Waals surface area contributed by atoms with E-state index in [0.29, 0.717) is 18.8 Å². The summed E-state index contributed by atoms with van der Waals surface area (Å²) >= 11 is 5.81. The number of carbonyl (C=O) groups is 2. The van der Waals surface area contributed by atoms with E-state index >= 15 is 0 Å². The highest BCUT2D eigenvalue weighted by atomic mass is 35.5. The predicted octanol–water partition coefficient (Wildman–Crippen LogP) is 3.69. The van der Waals surface area contributed by atoms with Crippen LogP contribution in [0.25, 0.3) is 0 Å². The zero-order chi connectivity index (χ0) is 15.6. The van der Waals surface area contributed by atoms with Crippen molar-refractivity contribution in [2.75, 3.05) is 18.4 Å². The van der Waals surface area contributed by atoms with Crippen molar-refractivity contribution in [2.45, 2.75) is 26.7 Å². The molecule has 0 aliphatic carbocycles. The lowest BCUT2D eigenvalue weighted by Gasteiger charge is -2.37. The fraction of sp³-hybridized carbons (Fsp3) is 0.467. The number of aromatic carboxylic acids is 1. The third-order valence-corrected chi connectivity index (χ3v) is 3.97. The summed E-state index contributed by atoms with van der Waals surface area (Å²) in [6.45, 7) is 5.68. The molecule has 21 heavy (non-hydrogen) atoms. The number of hydrogen-bond donors (Lipinski definition) is 2. The van der Waals surface area contributed by atoms with Gasteiger partial charge in [0.2, 0.25) is 0 Å². The van der Waals surface area contributed by atoms with Crippen LogP contribution in [0.2, 0.25) is 5.02 Å². The summed E-state index contributed by atoms with van der Waals surface area (Å²) < 4.78 is 0. The lowest BCUT2D eigenvalue weighted by Crippen LogP contribution is -2.45. The number of amides is 2. The highest BCUT2D eigenvalue weighted by Gasteiger charge is 2.29. The second-order valence-corrected chi connectivity index (χ2v) is 6.53. The number of piperidine rings is 1. The van der Waals surface area contributed by atoms with Gasteiger partial charge >= 0.3 is 12.0 Å². The monoisotopic (exact) mass is 310 g/mol. The quantitative estimate of drug-likeness (QED) is 0.875. The lowest BCUT2D eigenvalue weighted by molar-refractivity contribution is 0.0697. The van der Waals surface area contributed by atoms with Gasteiger partial charge in [-0.25, -0.2) is 9.59 Å². The molecule has 0 spiro atoms. The van der Waals surface area contributed by atoms with E-state index in [1.165, 1.54) is 12.1 Å². The van der Waals surface area contributed by atoms with Crippen molar-refractivity contribution < 1.29 is 14.7 Å². The number of anilines is 1. The van der Waals surface area contributed by atoms with Gasteiger partial charge < -0.3 is 15.3 Å². The number of hydrogen-bond acceptors (Lipinski definition) is 2. The summed E-state index contributed by atoms with van der Waals surface area (Å²) in [6.07, 6.45) is 2.07. The van der Waals surface area contributed by atoms with Crippen molar-refractivity contribution in [3.05, 3.63) is 28.8 Å². The first-order valence-electron chi connectivity index (χ1n) is 6.87. The van der Waals surface area contributed by atoms with Crippen LogP contribution in [0.4, 0.5) is 10.5 Å². The lowest BCUT2D eigenvalue weighted by atomic mass is 9.84. The summed E-state index contributed by atoms with van der Waals surface area (Å²) in [7, 11) is 0. The summed E-state index contributed by atoms with van der Waals surface area (Å²) in [6, 6.07) is 4.24. The van der Waals surface area contributed by atoms with E-state index in [-0.39, 0.29) is 22.0 Å². The number of halogens is 1. The molecule has 2 N–H and O–H groups in total.